The summed E-state index contributed by atoms with van der Waals surface area (Å²) in [7, 11) is 0. The van der Waals surface area contributed by atoms with Gasteiger partial charge in [-0.3, -0.25) is 4.79 Å². The molecule has 0 aromatic rings. The average molecular weight is 151 g/mol. The summed E-state index contributed by atoms with van der Waals surface area (Å²) in [5.41, 5.74) is 0.488. The molecular formula is C9H13NO. The first kappa shape index (κ1) is 9.82. The van der Waals surface area contributed by atoms with E-state index in [0.717, 1.165) is 6.42 Å². The monoisotopic (exact) mass is 151 g/mol. The van der Waals surface area contributed by atoms with Gasteiger partial charge in [0.15, 0.2) is 5.78 Å². The Hall–Kier alpha value is -1.18. The Labute approximate surface area is 67.1 Å². The van der Waals surface area contributed by atoms with Crippen LogP contribution >= 0.6 is 0 Å². The molecule has 2 nitrogen and oxygen atoms in total. The first-order chi connectivity index (χ1) is 5.20. The van der Waals surface area contributed by atoms with Crippen molar-refractivity contribution in [3.63, 3.8) is 0 Å². The maximum absolute atomic E-state index is 10.7. The van der Waals surface area contributed by atoms with Crippen LogP contribution in [0, 0.1) is 5.41 Å². The van der Waals surface area contributed by atoms with E-state index in [1.165, 1.54) is 12.2 Å². The highest BCUT2D eigenvalue weighted by atomic mass is 16.1. The van der Waals surface area contributed by atoms with Gasteiger partial charge in [0, 0.05) is 12.1 Å². The van der Waals surface area contributed by atoms with E-state index in [4.69, 9.17) is 5.41 Å². The SMILES string of the molecule is C=CC(=N)CCCC(=O)C=C. The summed E-state index contributed by atoms with van der Waals surface area (Å²) in [5.74, 6) is 0.0434. The van der Waals surface area contributed by atoms with Gasteiger partial charge in [-0.1, -0.05) is 13.2 Å². The van der Waals surface area contributed by atoms with E-state index in [0.29, 0.717) is 18.6 Å². The zero-order chi connectivity index (χ0) is 8.69. The Balaban J connectivity index is 3.41. The van der Waals surface area contributed by atoms with E-state index in [9.17, 15) is 4.79 Å². The van der Waals surface area contributed by atoms with Crippen LogP contribution in [-0.2, 0) is 4.79 Å². The molecule has 0 fully saturated rings. The number of hydrogen-bond donors (Lipinski definition) is 1. The molecule has 0 atom stereocenters. The Kier molecular flexibility index (Phi) is 4.99. The van der Waals surface area contributed by atoms with E-state index in [1.54, 1.807) is 0 Å². The summed E-state index contributed by atoms with van der Waals surface area (Å²) in [4.78, 5) is 10.7. The number of ketones is 1. The molecule has 0 heterocycles. The van der Waals surface area contributed by atoms with Crippen molar-refractivity contribution in [3.8, 4) is 0 Å². The highest BCUT2D eigenvalue weighted by Gasteiger charge is 1.96. The van der Waals surface area contributed by atoms with Crippen molar-refractivity contribution in [2.75, 3.05) is 0 Å². The molecule has 0 spiro atoms. The van der Waals surface area contributed by atoms with Gasteiger partial charge in [-0.05, 0) is 25.0 Å². The molecule has 0 amide bonds. The fraction of sp³-hybridized carbons (Fsp3) is 0.333. The third-order valence-electron chi connectivity index (χ3n) is 1.34. The smallest absolute Gasteiger partial charge is 0.155 e. The standard InChI is InChI=1S/C9H13NO/c1-3-8(10)6-5-7-9(11)4-2/h3-4,10H,1-2,5-7H2. The molecule has 11 heavy (non-hydrogen) atoms. The molecule has 0 bridgehead atoms. The topological polar surface area (TPSA) is 40.9 Å². The summed E-state index contributed by atoms with van der Waals surface area (Å²) in [5, 5.41) is 7.18. The molecule has 60 valence electrons. The van der Waals surface area contributed by atoms with E-state index in [2.05, 4.69) is 13.2 Å². The van der Waals surface area contributed by atoms with Crippen molar-refractivity contribution in [2.45, 2.75) is 19.3 Å². The van der Waals surface area contributed by atoms with Crippen molar-refractivity contribution >= 4 is 11.5 Å². The zero-order valence-electron chi connectivity index (χ0n) is 6.60. The molecule has 1 N–H and O–H groups in total. The third kappa shape index (κ3) is 5.27. The second-order valence-electron chi connectivity index (χ2n) is 2.25. The molecule has 0 aliphatic rings. The second kappa shape index (κ2) is 5.59. The van der Waals surface area contributed by atoms with Gasteiger partial charge in [0.1, 0.15) is 0 Å². The minimum atomic E-state index is 0.0434. The zero-order valence-corrected chi connectivity index (χ0v) is 6.60. The van der Waals surface area contributed by atoms with Gasteiger partial charge in [0.2, 0.25) is 0 Å². The lowest BCUT2D eigenvalue weighted by Gasteiger charge is -1.94. The first-order valence-corrected chi connectivity index (χ1v) is 3.56. The van der Waals surface area contributed by atoms with Gasteiger partial charge in [-0.15, -0.1) is 0 Å². The van der Waals surface area contributed by atoms with E-state index in [1.807, 2.05) is 0 Å². The maximum Gasteiger partial charge on any atom is 0.155 e. The van der Waals surface area contributed by atoms with Crippen LogP contribution in [0.15, 0.2) is 25.3 Å². The highest BCUT2D eigenvalue weighted by Crippen LogP contribution is 1.98. The largest absolute Gasteiger partial charge is 0.305 e. The Morgan fingerprint density at radius 1 is 1.27 bits per heavy atom. The molecule has 0 saturated heterocycles. The van der Waals surface area contributed by atoms with Crippen molar-refractivity contribution in [3.05, 3.63) is 25.3 Å². The van der Waals surface area contributed by atoms with Crippen LogP contribution in [0.5, 0.6) is 0 Å². The molecule has 0 unspecified atom stereocenters. The predicted molar refractivity (Wildman–Crippen MR) is 47.0 cm³/mol. The average Bonchev–Trinajstić information content (AvgIpc) is 2.04. The third-order valence-corrected chi connectivity index (χ3v) is 1.34. The van der Waals surface area contributed by atoms with Crippen molar-refractivity contribution in [2.24, 2.45) is 0 Å². The minimum absolute atomic E-state index is 0.0434. The Bertz CT molecular complexity index is 162. The van der Waals surface area contributed by atoms with E-state index < -0.39 is 0 Å². The number of allylic oxidation sites excluding steroid dienone is 2. The van der Waals surface area contributed by atoms with Crippen LogP contribution in [0.1, 0.15) is 19.3 Å². The fourth-order valence-corrected chi connectivity index (χ4v) is 0.657. The van der Waals surface area contributed by atoms with Gasteiger partial charge in [-0.2, -0.15) is 0 Å². The van der Waals surface area contributed by atoms with Gasteiger partial charge < -0.3 is 5.41 Å². The normalized spacial score (nSPS) is 8.73. The van der Waals surface area contributed by atoms with Gasteiger partial charge >= 0.3 is 0 Å². The molecule has 0 aromatic carbocycles. The van der Waals surface area contributed by atoms with Crippen LogP contribution in [0.25, 0.3) is 0 Å². The predicted octanol–water partition coefficient (Wildman–Crippen LogP) is 2.12. The van der Waals surface area contributed by atoms with Crippen LogP contribution in [0.4, 0.5) is 0 Å². The molecular weight excluding hydrogens is 138 g/mol. The number of hydrogen-bond acceptors (Lipinski definition) is 2. The number of carbonyl (C=O) groups excluding carboxylic acids is 1. The molecule has 0 radical (unpaired) electrons. The fourth-order valence-electron chi connectivity index (χ4n) is 0.657. The van der Waals surface area contributed by atoms with Gasteiger partial charge in [0.05, 0.1) is 0 Å². The molecule has 0 aromatic heterocycles. The summed E-state index contributed by atoms with van der Waals surface area (Å²) < 4.78 is 0. The van der Waals surface area contributed by atoms with Crippen LogP contribution < -0.4 is 0 Å². The Morgan fingerprint density at radius 2 is 1.91 bits per heavy atom. The lowest BCUT2D eigenvalue weighted by Crippen LogP contribution is -1.95. The van der Waals surface area contributed by atoms with Crippen LogP contribution in [0.3, 0.4) is 0 Å². The van der Waals surface area contributed by atoms with Crippen molar-refractivity contribution in [1.82, 2.24) is 0 Å². The van der Waals surface area contributed by atoms with Crippen LogP contribution in [0.2, 0.25) is 0 Å². The summed E-state index contributed by atoms with van der Waals surface area (Å²) >= 11 is 0. The van der Waals surface area contributed by atoms with Gasteiger partial charge in [-0.25, -0.2) is 0 Å². The first-order valence-electron chi connectivity index (χ1n) is 3.56. The molecule has 2 heteroatoms. The number of carbonyl (C=O) groups is 1. The molecule has 0 aliphatic heterocycles. The maximum atomic E-state index is 10.7. The number of nitrogens with one attached hydrogen (secondary N) is 1. The van der Waals surface area contributed by atoms with Crippen LogP contribution in [-0.4, -0.2) is 11.5 Å². The highest BCUT2D eigenvalue weighted by molar-refractivity contribution is 5.93. The minimum Gasteiger partial charge on any atom is -0.305 e. The second-order valence-corrected chi connectivity index (χ2v) is 2.25. The van der Waals surface area contributed by atoms with Gasteiger partial charge in [0.25, 0.3) is 0 Å². The molecule has 0 rings (SSSR count). The quantitative estimate of drug-likeness (QED) is 0.458. The lowest BCUT2D eigenvalue weighted by atomic mass is 10.1. The molecule has 0 aliphatic carbocycles. The Morgan fingerprint density at radius 3 is 2.36 bits per heavy atom. The van der Waals surface area contributed by atoms with Crippen molar-refractivity contribution in [1.29, 1.82) is 5.41 Å². The summed E-state index contributed by atoms with van der Waals surface area (Å²) in [6, 6.07) is 0. The summed E-state index contributed by atoms with van der Waals surface area (Å²) in [6.07, 6.45) is 4.65. The van der Waals surface area contributed by atoms with Crippen molar-refractivity contribution < 1.29 is 4.79 Å². The molecule has 0 saturated carbocycles. The van der Waals surface area contributed by atoms with E-state index >= 15 is 0 Å². The number of rotatable bonds is 6. The summed E-state index contributed by atoms with van der Waals surface area (Å²) in [6.45, 7) is 6.80. The van der Waals surface area contributed by atoms with E-state index in [-0.39, 0.29) is 5.78 Å². The lowest BCUT2D eigenvalue weighted by molar-refractivity contribution is -0.114.